The number of carbonyl (C=O) groups excluding carboxylic acids is 3. The molecule has 6 aliphatic rings. The van der Waals surface area contributed by atoms with Gasteiger partial charge in [0.15, 0.2) is 6.29 Å². The van der Waals surface area contributed by atoms with E-state index >= 15 is 0 Å². The lowest BCUT2D eigenvalue weighted by atomic mass is 9.42. The molecule has 4 saturated carbocycles. The first-order valence-electron chi connectivity index (χ1n) is 14.6. The minimum atomic E-state index is -1.29. The van der Waals surface area contributed by atoms with Crippen LogP contribution in [0.5, 0.6) is 0 Å². The van der Waals surface area contributed by atoms with Gasteiger partial charge in [-0.1, -0.05) is 6.92 Å². The van der Waals surface area contributed by atoms with Gasteiger partial charge in [0.2, 0.25) is 11.6 Å². The molecule has 9 nitrogen and oxygen atoms in total. The number of ether oxygens (including phenoxy) is 4. The maximum Gasteiger partial charge on any atom is 0.331 e. The van der Waals surface area contributed by atoms with Gasteiger partial charge in [-0.2, -0.15) is 0 Å². The van der Waals surface area contributed by atoms with E-state index < -0.39 is 46.5 Å². The molecule has 4 aliphatic carbocycles. The molecule has 2 aliphatic heterocycles. The van der Waals surface area contributed by atoms with Gasteiger partial charge < -0.3 is 29.2 Å². The van der Waals surface area contributed by atoms with Crippen LogP contribution in [-0.4, -0.2) is 77.8 Å². The van der Waals surface area contributed by atoms with Crippen LogP contribution in [0.4, 0.5) is 0 Å². The molecule has 216 valence electrons. The predicted molar refractivity (Wildman–Crippen MR) is 137 cm³/mol. The van der Waals surface area contributed by atoms with Gasteiger partial charge in [0.1, 0.15) is 12.7 Å². The summed E-state index contributed by atoms with van der Waals surface area (Å²) >= 11 is 0. The normalized spacial score (nSPS) is 51.6. The molecule has 1 saturated heterocycles. The van der Waals surface area contributed by atoms with E-state index in [1.807, 2.05) is 6.92 Å². The summed E-state index contributed by atoms with van der Waals surface area (Å²) in [6, 6.07) is 0. The smallest absolute Gasteiger partial charge is 0.331 e. The van der Waals surface area contributed by atoms with Crippen molar-refractivity contribution >= 4 is 17.5 Å². The molecular weight excluding hydrogens is 504 g/mol. The SMILES string of the molecule is CO[C@H]1C[C@H](O[C@H]2CC[C@@]3(C)[C@H](CC[C@@H]4[C@H]3C(=O)C(=O)[C@]3(C)[C@@H](C5=CC(=O)OC5)CC[C@]43O)C2)O[C@@H](C)[C@@H]1O. The maximum absolute atomic E-state index is 14.0. The van der Waals surface area contributed by atoms with Gasteiger partial charge in [-0.3, -0.25) is 9.59 Å². The number of carbonyl (C=O) groups is 3. The molecule has 2 N–H and O–H groups in total. The van der Waals surface area contributed by atoms with Gasteiger partial charge in [0, 0.05) is 25.5 Å². The lowest BCUT2D eigenvalue weighted by Crippen LogP contribution is -2.69. The van der Waals surface area contributed by atoms with E-state index in [0.29, 0.717) is 25.7 Å². The highest BCUT2D eigenvalue weighted by molar-refractivity contribution is 6.41. The van der Waals surface area contributed by atoms with Crippen molar-refractivity contribution in [2.24, 2.45) is 34.5 Å². The maximum atomic E-state index is 14.0. The highest BCUT2D eigenvalue weighted by atomic mass is 16.7. The highest BCUT2D eigenvalue weighted by Crippen LogP contribution is 2.68. The molecule has 9 heteroatoms. The van der Waals surface area contributed by atoms with E-state index in [2.05, 4.69) is 6.92 Å². The molecule has 0 radical (unpaired) electrons. The van der Waals surface area contributed by atoms with Crippen LogP contribution in [0.1, 0.15) is 72.1 Å². The summed E-state index contributed by atoms with van der Waals surface area (Å²) in [6.07, 6.45) is 4.72. The highest BCUT2D eigenvalue weighted by Gasteiger charge is 2.74. The summed E-state index contributed by atoms with van der Waals surface area (Å²) in [4.78, 5) is 39.8. The van der Waals surface area contributed by atoms with Crippen molar-refractivity contribution in [3.63, 3.8) is 0 Å². The number of ketones is 2. The molecule has 0 aromatic heterocycles. The molecule has 0 aromatic rings. The Labute approximate surface area is 229 Å². The minimum Gasteiger partial charge on any atom is -0.458 e. The van der Waals surface area contributed by atoms with Crippen molar-refractivity contribution in [1.82, 2.24) is 0 Å². The fraction of sp³-hybridized carbons (Fsp3) is 0.833. The molecule has 2 heterocycles. The summed E-state index contributed by atoms with van der Waals surface area (Å²) in [7, 11) is 1.58. The number of aliphatic hydroxyl groups is 2. The molecule has 12 atom stereocenters. The van der Waals surface area contributed by atoms with Crippen molar-refractivity contribution in [1.29, 1.82) is 0 Å². The molecule has 6 rings (SSSR count). The standard InChI is InChI=1S/C30H42O9/c1-15-25(32)21(36-4)13-23(38-15)39-18-7-9-28(2)17(12-18)5-6-20-24(28)26(33)27(34)29(3)19(8-10-30(20,29)35)16-11-22(31)37-14-16/h11,15,17-21,23-25,32,35H,5-10,12-14H2,1-4H3/t15-,17+,18-,19+,20+,21-,23-,24-,25-,28-,29-,30-/m0/s1. The fourth-order valence-electron chi connectivity index (χ4n) is 9.59. The zero-order valence-corrected chi connectivity index (χ0v) is 23.4. The lowest BCUT2D eigenvalue weighted by Gasteiger charge is -2.62. The van der Waals surface area contributed by atoms with Crippen LogP contribution >= 0.6 is 0 Å². The molecule has 0 unspecified atom stereocenters. The molecule has 0 bridgehead atoms. The zero-order valence-electron chi connectivity index (χ0n) is 23.4. The van der Waals surface area contributed by atoms with Crippen LogP contribution in [0.15, 0.2) is 11.6 Å². The molecule has 0 aromatic carbocycles. The van der Waals surface area contributed by atoms with Gasteiger partial charge in [0.05, 0.1) is 29.3 Å². The minimum absolute atomic E-state index is 0.0463. The summed E-state index contributed by atoms with van der Waals surface area (Å²) < 4.78 is 22.9. The molecule has 5 fully saturated rings. The topological polar surface area (TPSA) is 129 Å². The summed E-state index contributed by atoms with van der Waals surface area (Å²) in [6.45, 7) is 5.83. The number of hydrogen-bond donors (Lipinski definition) is 2. The largest absolute Gasteiger partial charge is 0.458 e. The van der Waals surface area contributed by atoms with Gasteiger partial charge in [-0.05, 0) is 87.5 Å². The third kappa shape index (κ3) is 3.86. The number of rotatable bonds is 4. The van der Waals surface area contributed by atoms with E-state index in [-0.39, 0.29) is 48.5 Å². The van der Waals surface area contributed by atoms with Gasteiger partial charge >= 0.3 is 5.97 Å². The van der Waals surface area contributed by atoms with Crippen molar-refractivity contribution in [2.75, 3.05) is 13.7 Å². The summed E-state index contributed by atoms with van der Waals surface area (Å²) in [5, 5.41) is 22.6. The number of cyclic esters (lactones) is 1. The number of fused-ring (bicyclic) bond motifs is 5. The van der Waals surface area contributed by atoms with Gasteiger partial charge in [0.25, 0.3) is 0 Å². The first kappa shape index (κ1) is 27.5. The van der Waals surface area contributed by atoms with Crippen LogP contribution in [0, 0.1) is 34.5 Å². The van der Waals surface area contributed by atoms with Crippen LogP contribution in [-0.2, 0) is 33.3 Å². The van der Waals surface area contributed by atoms with Crippen molar-refractivity contribution in [3.8, 4) is 0 Å². The number of aliphatic hydroxyl groups excluding tert-OH is 1. The van der Waals surface area contributed by atoms with Crippen LogP contribution in [0.2, 0.25) is 0 Å². The molecule has 0 amide bonds. The third-order valence-electron chi connectivity index (χ3n) is 11.9. The van der Waals surface area contributed by atoms with Crippen molar-refractivity contribution in [3.05, 3.63) is 11.6 Å². The average Bonchev–Trinajstić information content (AvgIpc) is 3.45. The molecular formula is C30H42O9. The first-order chi connectivity index (χ1) is 18.4. The van der Waals surface area contributed by atoms with Crippen LogP contribution in [0.25, 0.3) is 0 Å². The Bertz CT molecular complexity index is 1090. The Kier molecular flexibility index (Phi) is 6.66. The Balaban J connectivity index is 1.21. The third-order valence-corrected chi connectivity index (χ3v) is 11.9. The zero-order chi connectivity index (χ0) is 27.9. The Morgan fingerprint density at radius 3 is 2.51 bits per heavy atom. The van der Waals surface area contributed by atoms with E-state index in [9.17, 15) is 24.6 Å². The monoisotopic (exact) mass is 546 g/mol. The molecule has 39 heavy (non-hydrogen) atoms. The number of esters is 1. The van der Waals surface area contributed by atoms with E-state index in [4.69, 9.17) is 18.9 Å². The average molecular weight is 547 g/mol. The van der Waals surface area contributed by atoms with Crippen molar-refractivity contribution in [2.45, 2.75) is 108 Å². The predicted octanol–water partition coefficient (Wildman–Crippen LogP) is 2.50. The van der Waals surface area contributed by atoms with E-state index in [0.717, 1.165) is 31.3 Å². The van der Waals surface area contributed by atoms with Crippen LogP contribution < -0.4 is 0 Å². The van der Waals surface area contributed by atoms with E-state index in [1.165, 1.54) is 6.08 Å². The van der Waals surface area contributed by atoms with Crippen molar-refractivity contribution < 1.29 is 43.5 Å². The Morgan fingerprint density at radius 2 is 1.82 bits per heavy atom. The quantitative estimate of drug-likeness (QED) is 0.310. The second kappa shape index (κ2) is 9.44. The number of hydrogen-bond acceptors (Lipinski definition) is 9. The Hall–Kier alpha value is -1.65. The number of Topliss-reactive ketones (excluding diaryl/α,β-unsaturated/α-hetero) is 2. The van der Waals surface area contributed by atoms with Gasteiger partial charge in [-0.15, -0.1) is 0 Å². The van der Waals surface area contributed by atoms with Crippen LogP contribution in [0.3, 0.4) is 0 Å². The summed E-state index contributed by atoms with van der Waals surface area (Å²) in [5.41, 5.74) is -2.21. The van der Waals surface area contributed by atoms with Gasteiger partial charge in [-0.25, -0.2) is 4.79 Å². The fourth-order valence-corrected chi connectivity index (χ4v) is 9.59. The van der Waals surface area contributed by atoms with E-state index in [1.54, 1.807) is 14.0 Å². The first-order valence-corrected chi connectivity index (χ1v) is 14.6. The Morgan fingerprint density at radius 1 is 1.05 bits per heavy atom. The second-order valence-electron chi connectivity index (χ2n) is 13.4. The second-order valence-corrected chi connectivity index (χ2v) is 13.4. The summed E-state index contributed by atoms with van der Waals surface area (Å²) in [5.74, 6) is -2.25. The lowest BCUT2D eigenvalue weighted by molar-refractivity contribution is -0.271. The molecule has 0 spiro atoms. The number of methoxy groups -OCH3 is 1.